The van der Waals surface area contributed by atoms with Crippen LogP contribution in [-0.4, -0.2) is 32.6 Å². The molecule has 3 N–H and O–H groups in total. The minimum atomic E-state index is -0.600. The number of nitrogens with two attached hydrogens (primary N) is 1. The molecule has 0 fully saturated rings. The molecule has 0 amide bonds. The van der Waals surface area contributed by atoms with Crippen LogP contribution in [0.25, 0.3) is 0 Å². The first-order valence-electron chi connectivity index (χ1n) is 1.89. The summed E-state index contributed by atoms with van der Waals surface area (Å²) in [7, 11) is 0. The fourth-order valence-corrected chi connectivity index (χ4v) is 1.14. The van der Waals surface area contributed by atoms with Crippen molar-refractivity contribution < 1.29 is 5.11 Å². The molecule has 0 aliphatic heterocycles. The Labute approximate surface area is 48.3 Å². The van der Waals surface area contributed by atoms with E-state index in [1.54, 1.807) is 6.92 Å². The number of aliphatic hydroxyl groups excluding tert-OH is 1. The van der Waals surface area contributed by atoms with Crippen LogP contribution in [0.3, 0.4) is 0 Å². The number of hydrogen-bond donors (Lipinski definition) is 2. The molecular weight excluding hydrogens is 185 g/mol. The number of aliphatic hydroxyl groups is 1. The van der Waals surface area contributed by atoms with Crippen LogP contribution in [-0.2, 0) is 0 Å². The molecule has 0 aliphatic carbocycles. The Kier molecular flexibility index (Phi) is 4.36. The van der Waals surface area contributed by atoms with Crippen molar-refractivity contribution in [2.45, 2.75) is 17.5 Å². The Balaban J connectivity index is 2.63. The Bertz CT molecular complexity index is 32.0. The van der Waals surface area contributed by atoms with Crippen molar-refractivity contribution in [2.24, 2.45) is 3.96 Å². The van der Waals surface area contributed by atoms with Crippen LogP contribution in [0, 0.1) is 0 Å². The van der Waals surface area contributed by atoms with Gasteiger partial charge in [0.2, 0.25) is 0 Å². The third-order valence-corrected chi connectivity index (χ3v) is 2.77. The van der Waals surface area contributed by atoms with Crippen molar-refractivity contribution in [3.05, 3.63) is 0 Å². The molecule has 36 valence electrons. The van der Waals surface area contributed by atoms with Gasteiger partial charge in [-0.15, -0.1) is 0 Å². The molecule has 1 unspecified atom stereocenters. The Morgan fingerprint density at radius 1 is 2.00 bits per heavy atom. The standard InChI is InChI=1S/C3H7O.H2N.Sn/c1-3(2)4;;/h3-4H,1H2,2H3;1H2;/q;-1;+1. The molecule has 0 aromatic carbocycles. The van der Waals surface area contributed by atoms with Crippen LogP contribution in [0.15, 0.2) is 0 Å². The zero-order chi connectivity index (χ0) is 4.99. The van der Waals surface area contributed by atoms with Gasteiger partial charge < -0.3 is 0 Å². The summed E-state index contributed by atoms with van der Waals surface area (Å²) < 4.78 is 6.12. The molecule has 2 nitrogen and oxygen atoms in total. The molecule has 0 saturated heterocycles. The number of hydrogen-bond acceptors (Lipinski definition) is 2. The van der Waals surface area contributed by atoms with E-state index < -0.39 is 21.4 Å². The average molecular weight is 194 g/mol. The van der Waals surface area contributed by atoms with E-state index in [0.717, 1.165) is 4.44 Å². The first-order valence-corrected chi connectivity index (χ1v) is 5.55. The normalized spacial score (nSPS) is 14.5. The van der Waals surface area contributed by atoms with Gasteiger partial charge in [0, 0.05) is 0 Å². The maximum absolute atomic E-state index is 8.51. The zero-order valence-corrected chi connectivity index (χ0v) is 6.66. The second kappa shape index (κ2) is 3.89. The van der Waals surface area contributed by atoms with Crippen molar-refractivity contribution in [2.75, 3.05) is 0 Å². The van der Waals surface area contributed by atoms with Crippen molar-refractivity contribution in [1.29, 1.82) is 0 Å². The molecule has 1 atom stereocenters. The summed E-state index contributed by atoms with van der Waals surface area (Å²) in [5.74, 6) is 0. The van der Waals surface area contributed by atoms with Crippen molar-refractivity contribution in [3.63, 3.8) is 0 Å². The Morgan fingerprint density at radius 3 is 2.50 bits per heavy atom. The Hall–Kier alpha value is 0.719. The van der Waals surface area contributed by atoms with Crippen molar-refractivity contribution >= 4 is 21.4 Å². The van der Waals surface area contributed by atoms with Gasteiger partial charge >= 0.3 is 47.9 Å². The predicted octanol–water partition coefficient (Wildman–Crippen LogP) is -0.637. The van der Waals surface area contributed by atoms with E-state index in [2.05, 4.69) is 0 Å². The summed E-state index contributed by atoms with van der Waals surface area (Å²) in [5.41, 5.74) is 0. The van der Waals surface area contributed by atoms with Crippen molar-refractivity contribution in [1.82, 2.24) is 0 Å². The summed E-state index contributed by atoms with van der Waals surface area (Å²) in [6, 6.07) is 0. The first kappa shape index (κ1) is 6.72. The van der Waals surface area contributed by atoms with E-state index in [-0.39, 0.29) is 6.10 Å². The van der Waals surface area contributed by atoms with Gasteiger partial charge in [-0.2, -0.15) is 0 Å². The van der Waals surface area contributed by atoms with E-state index in [4.69, 9.17) is 9.06 Å². The first-order chi connectivity index (χ1) is 2.77. The third-order valence-electron chi connectivity index (χ3n) is 0.413. The van der Waals surface area contributed by atoms with Crippen LogP contribution >= 0.6 is 0 Å². The van der Waals surface area contributed by atoms with Gasteiger partial charge in [-0.1, -0.05) is 0 Å². The second-order valence-corrected chi connectivity index (χ2v) is 3.59. The van der Waals surface area contributed by atoms with E-state index in [1.165, 1.54) is 0 Å². The van der Waals surface area contributed by atoms with Crippen LogP contribution in [0.1, 0.15) is 6.92 Å². The van der Waals surface area contributed by atoms with Gasteiger partial charge in [0.15, 0.2) is 0 Å². The molecular formula is C3H9NOSn. The monoisotopic (exact) mass is 195 g/mol. The molecule has 0 heterocycles. The van der Waals surface area contributed by atoms with E-state index in [1.807, 2.05) is 0 Å². The molecule has 0 aromatic heterocycles. The third kappa shape index (κ3) is 4.72. The van der Waals surface area contributed by atoms with E-state index >= 15 is 0 Å². The minimum absolute atomic E-state index is 0.151. The zero-order valence-electron chi connectivity index (χ0n) is 3.81. The van der Waals surface area contributed by atoms with Gasteiger partial charge in [0.05, 0.1) is 0 Å². The molecule has 2 radical (unpaired) electrons. The molecule has 0 aromatic rings. The van der Waals surface area contributed by atoms with Crippen LogP contribution < -0.4 is 3.96 Å². The quantitative estimate of drug-likeness (QED) is 0.574. The van der Waals surface area contributed by atoms with Gasteiger partial charge in [-0.25, -0.2) is 0 Å². The summed E-state index contributed by atoms with van der Waals surface area (Å²) in [6.07, 6.45) is -0.151. The molecule has 3 heteroatoms. The van der Waals surface area contributed by atoms with Crippen LogP contribution in [0.2, 0.25) is 4.44 Å². The van der Waals surface area contributed by atoms with Crippen molar-refractivity contribution in [3.8, 4) is 0 Å². The summed E-state index contributed by atoms with van der Waals surface area (Å²) in [5, 5.41) is 8.51. The SMILES string of the molecule is CC(O)[CH2][Sn][NH2]. The van der Waals surface area contributed by atoms with Crippen LogP contribution in [0.4, 0.5) is 0 Å². The van der Waals surface area contributed by atoms with Gasteiger partial charge in [0.25, 0.3) is 0 Å². The predicted molar refractivity (Wildman–Crippen MR) is 26.4 cm³/mol. The molecule has 0 rings (SSSR count). The molecule has 0 bridgehead atoms. The average Bonchev–Trinajstić information content (AvgIpc) is 1.35. The second-order valence-electron chi connectivity index (χ2n) is 1.26. The van der Waals surface area contributed by atoms with Gasteiger partial charge in [0.1, 0.15) is 0 Å². The summed E-state index contributed by atoms with van der Waals surface area (Å²) in [6.45, 7) is 1.77. The topological polar surface area (TPSA) is 46.2 Å². The van der Waals surface area contributed by atoms with E-state index in [9.17, 15) is 0 Å². The summed E-state index contributed by atoms with van der Waals surface area (Å²) >= 11 is -0.600. The Morgan fingerprint density at radius 2 is 2.50 bits per heavy atom. The molecule has 0 spiro atoms. The van der Waals surface area contributed by atoms with Gasteiger partial charge in [-0.05, 0) is 0 Å². The molecule has 6 heavy (non-hydrogen) atoms. The molecule has 0 saturated carbocycles. The van der Waals surface area contributed by atoms with E-state index in [0.29, 0.717) is 0 Å². The van der Waals surface area contributed by atoms with Crippen LogP contribution in [0.5, 0.6) is 0 Å². The fourth-order valence-electron chi connectivity index (χ4n) is 0.171. The maximum atomic E-state index is 8.51. The molecule has 0 aliphatic rings. The fraction of sp³-hybridized carbons (Fsp3) is 1.00. The number of rotatable bonds is 2. The summed E-state index contributed by atoms with van der Waals surface area (Å²) in [4.78, 5) is 0. The van der Waals surface area contributed by atoms with Gasteiger partial charge in [-0.3, -0.25) is 0 Å².